The monoisotopic (exact) mass is 756 g/mol. The van der Waals surface area contributed by atoms with Crippen LogP contribution in [0.3, 0.4) is 0 Å². The normalized spacial score (nSPS) is 13.0. The van der Waals surface area contributed by atoms with Gasteiger partial charge >= 0.3 is 0 Å². The molecule has 2 aliphatic rings. The minimum absolute atomic E-state index is 0.700. The quantitative estimate of drug-likeness (QED) is 0.175. The first-order valence-corrected chi connectivity index (χ1v) is 20.2. The Morgan fingerprint density at radius 3 is 2.07 bits per heavy atom. The second kappa shape index (κ2) is 13.4. The second-order valence-electron chi connectivity index (χ2n) is 15.3. The maximum atomic E-state index is 6.45. The standard InChI is InChI=1S/C54H36N4O/c1-3-15-36(16-4-1)53-43-22-9-10-23-45(43)55-54(56-53)58-46-29-27-39(33-44(46)52-42-21-8-7-14-35(42)26-30-48(52)58)37-17-13-18-38(32-37)40-28-31-51-49(34-40)57(41-19-5-2-6-20-41)47-24-11-12-25-50(47)59-51/h1-9,11-22,24-34H,10,23H2. The summed E-state index contributed by atoms with van der Waals surface area (Å²) in [4.78, 5) is 13.0. The Morgan fingerprint density at radius 1 is 0.492 bits per heavy atom. The van der Waals surface area contributed by atoms with Gasteiger partial charge in [0.25, 0.3) is 0 Å². The summed E-state index contributed by atoms with van der Waals surface area (Å²) in [5.41, 5.74) is 14.1. The molecule has 0 amide bonds. The Hall–Kier alpha value is -7.76. The number of para-hydroxylation sites is 3. The second-order valence-corrected chi connectivity index (χ2v) is 15.3. The summed E-state index contributed by atoms with van der Waals surface area (Å²) in [6.45, 7) is 0. The Morgan fingerprint density at radius 2 is 1.19 bits per heavy atom. The van der Waals surface area contributed by atoms with Crippen LogP contribution >= 0.6 is 0 Å². The third kappa shape index (κ3) is 5.47. The summed E-state index contributed by atoms with van der Waals surface area (Å²) < 4.78 is 8.73. The van der Waals surface area contributed by atoms with Crippen LogP contribution < -0.4 is 9.64 Å². The first kappa shape index (κ1) is 33.4. The molecule has 0 radical (unpaired) electrons. The van der Waals surface area contributed by atoms with Crippen molar-refractivity contribution in [1.29, 1.82) is 0 Å². The van der Waals surface area contributed by atoms with Gasteiger partial charge in [0.05, 0.1) is 33.8 Å². The molecule has 0 bridgehead atoms. The zero-order valence-electron chi connectivity index (χ0n) is 32.1. The Bertz CT molecular complexity index is 3310. The zero-order chi connectivity index (χ0) is 38.9. The van der Waals surface area contributed by atoms with E-state index in [2.05, 4.69) is 191 Å². The summed E-state index contributed by atoms with van der Waals surface area (Å²) in [7, 11) is 0. The fourth-order valence-electron chi connectivity index (χ4n) is 9.06. The zero-order valence-corrected chi connectivity index (χ0v) is 32.1. The number of allylic oxidation sites excluding steroid dienone is 1. The Balaban J connectivity index is 1.01. The number of anilines is 3. The van der Waals surface area contributed by atoms with Gasteiger partial charge in [-0.15, -0.1) is 0 Å². The molecule has 0 spiro atoms. The first-order valence-electron chi connectivity index (χ1n) is 20.2. The van der Waals surface area contributed by atoms with Crippen molar-refractivity contribution in [2.24, 2.45) is 0 Å². The van der Waals surface area contributed by atoms with Gasteiger partial charge in [-0.05, 0) is 107 Å². The summed E-state index contributed by atoms with van der Waals surface area (Å²) >= 11 is 0. The molecule has 8 aromatic carbocycles. The van der Waals surface area contributed by atoms with Crippen LogP contribution in [0.15, 0.2) is 188 Å². The fourth-order valence-corrected chi connectivity index (χ4v) is 9.06. The Labute approximate surface area is 341 Å². The van der Waals surface area contributed by atoms with Gasteiger partial charge in [0, 0.05) is 27.6 Å². The minimum atomic E-state index is 0.700. The predicted molar refractivity (Wildman–Crippen MR) is 242 cm³/mol. The molecule has 1 aliphatic carbocycles. The molecule has 0 atom stereocenters. The van der Waals surface area contributed by atoms with Crippen molar-refractivity contribution in [3.8, 4) is 51.0 Å². The molecule has 0 N–H and O–H groups in total. The van der Waals surface area contributed by atoms with E-state index >= 15 is 0 Å². The maximum Gasteiger partial charge on any atom is 0.235 e. The molecule has 3 heterocycles. The number of rotatable bonds is 5. The molecule has 12 rings (SSSR count). The van der Waals surface area contributed by atoms with Gasteiger partial charge < -0.3 is 9.64 Å². The lowest BCUT2D eigenvalue weighted by Crippen LogP contribution is -2.15. The van der Waals surface area contributed by atoms with Gasteiger partial charge in [0.1, 0.15) is 0 Å². The van der Waals surface area contributed by atoms with Gasteiger partial charge in [-0.25, -0.2) is 9.97 Å². The van der Waals surface area contributed by atoms with E-state index in [0.29, 0.717) is 5.95 Å². The van der Waals surface area contributed by atoms with E-state index in [1.807, 2.05) is 12.1 Å². The maximum absolute atomic E-state index is 6.45. The van der Waals surface area contributed by atoms with Crippen molar-refractivity contribution < 1.29 is 4.74 Å². The van der Waals surface area contributed by atoms with Gasteiger partial charge in [-0.3, -0.25) is 4.57 Å². The lowest BCUT2D eigenvalue weighted by Gasteiger charge is -2.33. The van der Waals surface area contributed by atoms with Gasteiger partial charge in [-0.1, -0.05) is 133 Å². The highest BCUT2D eigenvalue weighted by molar-refractivity contribution is 6.21. The summed E-state index contributed by atoms with van der Waals surface area (Å²) in [5.74, 6) is 2.37. The molecule has 59 heavy (non-hydrogen) atoms. The number of aryl methyl sites for hydroxylation is 1. The largest absolute Gasteiger partial charge is 0.453 e. The number of fused-ring (bicyclic) bond motifs is 8. The van der Waals surface area contributed by atoms with Crippen molar-refractivity contribution in [2.45, 2.75) is 12.8 Å². The van der Waals surface area contributed by atoms with Crippen molar-refractivity contribution in [2.75, 3.05) is 4.90 Å². The average molecular weight is 757 g/mol. The van der Waals surface area contributed by atoms with Crippen LogP contribution in [0.2, 0.25) is 0 Å². The SMILES string of the molecule is C1=Cc2c(nc(-n3c4ccc(-c5cccc(-c6ccc7c(c6)N(c6ccccc6)c6ccccc6O7)c5)cc4c4c5ccccc5ccc43)nc2-c2ccccc2)CC1. The van der Waals surface area contributed by atoms with E-state index in [1.165, 1.54) is 21.5 Å². The molecular weight excluding hydrogens is 721 g/mol. The Kier molecular flexibility index (Phi) is 7.60. The number of hydrogen-bond donors (Lipinski definition) is 0. The van der Waals surface area contributed by atoms with Crippen molar-refractivity contribution >= 4 is 55.7 Å². The average Bonchev–Trinajstić information content (AvgIpc) is 3.65. The number of aromatic nitrogens is 3. The number of ether oxygens (including phenoxy) is 1. The summed E-state index contributed by atoms with van der Waals surface area (Å²) in [6, 6.07) is 64.6. The third-order valence-electron chi connectivity index (χ3n) is 11.8. The smallest absolute Gasteiger partial charge is 0.235 e. The molecule has 2 aromatic heterocycles. The topological polar surface area (TPSA) is 43.2 Å². The van der Waals surface area contributed by atoms with Crippen LogP contribution in [-0.4, -0.2) is 14.5 Å². The minimum Gasteiger partial charge on any atom is -0.453 e. The molecule has 0 fully saturated rings. The molecule has 278 valence electrons. The van der Waals surface area contributed by atoms with Crippen LogP contribution in [-0.2, 0) is 6.42 Å². The van der Waals surface area contributed by atoms with E-state index < -0.39 is 0 Å². The molecule has 10 aromatic rings. The van der Waals surface area contributed by atoms with Gasteiger partial charge in [0.2, 0.25) is 5.95 Å². The van der Waals surface area contributed by atoms with E-state index in [0.717, 1.165) is 97.2 Å². The molecular formula is C54H36N4O. The van der Waals surface area contributed by atoms with Crippen LogP contribution in [0.25, 0.3) is 78.1 Å². The molecule has 5 heteroatoms. The molecule has 0 unspecified atom stereocenters. The number of nitrogens with zero attached hydrogens (tertiary/aromatic N) is 4. The van der Waals surface area contributed by atoms with Gasteiger partial charge in [-0.2, -0.15) is 0 Å². The highest BCUT2D eigenvalue weighted by Crippen LogP contribution is 2.51. The number of benzene rings is 8. The van der Waals surface area contributed by atoms with Crippen LogP contribution in [0.5, 0.6) is 11.5 Å². The highest BCUT2D eigenvalue weighted by Gasteiger charge is 2.26. The van der Waals surface area contributed by atoms with Crippen molar-refractivity contribution in [3.05, 3.63) is 199 Å². The van der Waals surface area contributed by atoms with Crippen LogP contribution in [0.4, 0.5) is 17.1 Å². The van der Waals surface area contributed by atoms with E-state index in [1.54, 1.807) is 0 Å². The van der Waals surface area contributed by atoms with E-state index in [9.17, 15) is 0 Å². The van der Waals surface area contributed by atoms with Crippen LogP contribution in [0.1, 0.15) is 17.7 Å². The van der Waals surface area contributed by atoms with Crippen LogP contribution in [0, 0.1) is 0 Å². The number of hydrogen-bond acceptors (Lipinski definition) is 4. The lowest BCUT2D eigenvalue weighted by molar-refractivity contribution is 0.477. The molecule has 1 aliphatic heterocycles. The molecule has 0 saturated carbocycles. The van der Waals surface area contributed by atoms with E-state index in [-0.39, 0.29) is 0 Å². The highest BCUT2D eigenvalue weighted by atomic mass is 16.5. The fraction of sp³-hybridized carbons (Fsp3) is 0.0370. The molecule has 5 nitrogen and oxygen atoms in total. The third-order valence-corrected chi connectivity index (χ3v) is 11.8. The van der Waals surface area contributed by atoms with Crippen molar-refractivity contribution in [3.63, 3.8) is 0 Å². The van der Waals surface area contributed by atoms with E-state index in [4.69, 9.17) is 14.7 Å². The molecule has 0 saturated heterocycles. The summed E-state index contributed by atoms with van der Waals surface area (Å²) in [6.07, 6.45) is 6.29. The summed E-state index contributed by atoms with van der Waals surface area (Å²) in [5, 5.41) is 4.79. The van der Waals surface area contributed by atoms with Crippen molar-refractivity contribution in [1.82, 2.24) is 14.5 Å². The predicted octanol–water partition coefficient (Wildman–Crippen LogP) is 14.3. The van der Waals surface area contributed by atoms with Gasteiger partial charge in [0.15, 0.2) is 11.5 Å². The lowest BCUT2D eigenvalue weighted by atomic mass is 9.96. The first-order chi connectivity index (χ1) is 29.2.